The van der Waals surface area contributed by atoms with E-state index in [1.54, 1.807) is 6.92 Å². The molecule has 0 aromatic heterocycles. The first-order valence-electron chi connectivity index (χ1n) is 5.07. The van der Waals surface area contributed by atoms with Crippen molar-refractivity contribution in [2.75, 3.05) is 0 Å². The van der Waals surface area contributed by atoms with Crippen molar-refractivity contribution in [3.8, 4) is 11.8 Å². The molecule has 17 heavy (non-hydrogen) atoms. The van der Waals surface area contributed by atoms with Gasteiger partial charge in [-0.25, -0.2) is 4.79 Å². The van der Waals surface area contributed by atoms with E-state index >= 15 is 0 Å². The zero-order valence-corrected chi connectivity index (χ0v) is 12.3. The lowest BCUT2D eigenvalue weighted by atomic mass is 10.1. The van der Waals surface area contributed by atoms with Crippen LogP contribution in [0.1, 0.15) is 27.2 Å². The standard InChI is InChI=1S/C12H15Cl3O2/c1-8(2)5-6-10(7-9(3)4)17-11(16)12(13,14)15/h9-10H,1,7H2,2-4H3. The number of carbonyl (C=O) groups is 1. The van der Waals surface area contributed by atoms with E-state index in [9.17, 15) is 4.79 Å². The first kappa shape index (κ1) is 16.6. The van der Waals surface area contributed by atoms with Crippen LogP contribution < -0.4 is 0 Å². The Morgan fingerprint density at radius 3 is 2.29 bits per heavy atom. The predicted octanol–water partition coefficient (Wildman–Crippen LogP) is 3.89. The molecular weight excluding hydrogens is 282 g/mol. The summed E-state index contributed by atoms with van der Waals surface area (Å²) in [5.41, 5.74) is 0.684. The number of esters is 1. The Kier molecular flexibility index (Phi) is 7.01. The van der Waals surface area contributed by atoms with Crippen molar-refractivity contribution in [2.45, 2.75) is 37.1 Å². The normalized spacial score (nSPS) is 12.6. The van der Waals surface area contributed by atoms with Crippen molar-refractivity contribution in [3.63, 3.8) is 0 Å². The van der Waals surface area contributed by atoms with Gasteiger partial charge >= 0.3 is 5.97 Å². The molecule has 1 atom stereocenters. The summed E-state index contributed by atoms with van der Waals surface area (Å²) in [6.07, 6.45) is -0.0120. The summed E-state index contributed by atoms with van der Waals surface area (Å²) in [7, 11) is 0. The molecule has 0 saturated heterocycles. The minimum atomic E-state index is -2.07. The summed E-state index contributed by atoms with van der Waals surface area (Å²) in [6.45, 7) is 9.37. The number of ether oxygens (including phenoxy) is 1. The van der Waals surface area contributed by atoms with Gasteiger partial charge in [-0.05, 0) is 24.8 Å². The Hall–Kier alpha value is -0.360. The maximum Gasteiger partial charge on any atom is 0.359 e. The number of halogens is 3. The number of rotatable bonds is 3. The minimum Gasteiger partial charge on any atom is -0.446 e. The zero-order valence-electron chi connectivity index (χ0n) is 10.0. The lowest BCUT2D eigenvalue weighted by Crippen LogP contribution is -2.28. The molecule has 0 fully saturated rings. The molecule has 0 radical (unpaired) electrons. The van der Waals surface area contributed by atoms with E-state index in [2.05, 4.69) is 18.4 Å². The first-order valence-corrected chi connectivity index (χ1v) is 6.21. The Labute approximate surface area is 117 Å². The van der Waals surface area contributed by atoms with Crippen LogP contribution >= 0.6 is 34.8 Å². The van der Waals surface area contributed by atoms with Crippen LogP contribution in [0.4, 0.5) is 0 Å². The van der Waals surface area contributed by atoms with E-state index in [0.29, 0.717) is 17.9 Å². The number of hydrogen-bond donors (Lipinski definition) is 0. The molecule has 0 rings (SSSR count). The molecule has 0 aromatic carbocycles. The van der Waals surface area contributed by atoms with Crippen LogP contribution in [0.25, 0.3) is 0 Å². The molecule has 0 amide bonds. The van der Waals surface area contributed by atoms with Crippen LogP contribution in [0.2, 0.25) is 0 Å². The Morgan fingerprint density at radius 1 is 1.41 bits per heavy atom. The van der Waals surface area contributed by atoms with Gasteiger partial charge in [0.2, 0.25) is 0 Å². The van der Waals surface area contributed by atoms with Crippen LogP contribution in [-0.4, -0.2) is 15.9 Å². The smallest absolute Gasteiger partial charge is 0.359 e. The van der Waals surface area contributed by atoms with Crippen LogP contribution in [0.5, 0.6) is 0 Å². The molecule has 1 unspecified atom stereocenters. The van der Waals surface area contributed by atoms with Gasteiger partial charge in [0.25, 0.3) is 3.79 Å². The van der Waals surface area contributed by atoms with Crippen LogP contribution in [-0.2, 0) is 9.53 Å². The second-order valence-corrected chi connectivity index (χ2v) is 6.35. The molecule has 0 aliphatic rings. The van der Waals surface area contributed by atoms with Gasteiger partial charge in [0.15, 0.2) is 6.10 Å². The number of carbonyl (C=O) groups excluding carboxylic acids is 1. The van der Waals surface area contributed by atoms with E-state index < -0.39 is 15.9 Å². The van der Waals surface area contributed by atoms with Crippen molar-refractivity contribution < 1.29 is 9.53 Å². The van der Waals surface area contributed by atoms with Crippen molar-refractivity contribution in [1.29, 1.82) is 0 Å². The van der Waals surface area contributed by atoms with Crippen molar-refractivity contribution in [2.24, 2.45) is 5.92 Å². The quantitative estimate of drug-likeness (QED) is 0.449. The summed E-state index contributed by atoms with van der Waals surface area (Å²) in [5, 5.41) is 0. The Morgan fingerprint density at radius 2 is 1.94 bits per heavy atom. The predicted molar refractivity (Wildman–Crippen MR) is 72.2 cm³/mol. The highest BCUT2D eigenvalue weighted by molar-refractivity contribution is 6.75. The topological polar surface area (TPSA) is 26.3 Å². The van der Waals surface area contributed by atoms with E-state index in [1.807, 2.05) is 13.8 Å². The molecule has 0 N–H and O–H groups in total. The number of hydrogen-bond acceptors (Lipinski definition) is 2. The van der Waals surface area contributed by atoms with Crippen molar-refractivity contribution in [1.82, 2.24) is 0 Å². The zero-order chi connectivity index (χ0) is 13.6. The fourth-order valence-electron chi connectivity index (χ4n) is 0.964. The summed E-state index contributed by atoms with van der Waals surface area (Å²) >= 11 is 16.3. The highest BCUT2D eigenvalue weighted by Crippen LogP contribution is 2.28. The van der Waals surface area contributed by atoms with Crippen molar-refractivity contribution >= 4 is 40.8 Å². The van der Waals surface area contributed by atoms with Crippen LogP contribution in [0.3, 0.4) is 0 Å². The molecule has 0 aromatic rings. The summed E-state index contributed by atoms with van der Waals surface area (Å²) < 4.78 is 2.96. The molecule has 0 aliphatic carbocycles. The van der Waals surface area contributed by atoms with E-state index in [0.717, 1.165) is 0 Å². The molecule has 0 bridgehead atoms. The van der Waals surface area contributed by atoms with E-state index in [-0.39, 0.29) is 0 Å². The highest BCUT2D eigenvalue weighted by Gasteiger charge is 2.34. The van der Waals surface area contributed by atoms with Gasteiger partial charge in [0.1, 0.15) is 0 Å². The molecule has 0 aliphatic heterocycles. The lowest BCUT2D eigenvalue weighted by Gasteiger charge is -2.17. The van der Waals surface area contributed by atoms with Gasteiger partial charge in [-0.2, -0.15) is 0 Å². The molecular formula is C12H15Cl3O2. The molecule has 0 heterocycles. The fraction of sp³-hybridized carbons (Fsp3) is 0.583. The molecule has 5 heteroatoms. The number of alkyl halides is 3. The molecule has 0 spiro atoms. The maximum atomic E-state index is 11.4. The summed E-state index contributed by atoms with van der Waals surface area (Å²) in [4.78, 5) is 11.4. The van der Waals surface area contributed by atoms with E-state index in [4.69, 9.17) is 39.5 Å². The number of allylic oxidation sites excluding steroid dienone is 1. The van der Waals surface area contributed by atoms with Gasteiger partial charge in [0, 0.05) is 0 Å². The van der Waals surface area contributed by atoms with Gasteiger partial charge in [-0.15, -0.1) is 0 Å². The molecule has 0 saturated carbocycles. The third kappa shape index (κ3) is 8.37. The third-order valence-electron chi connectivity index (χ3n) is 1.61. The van der Waals surface area contributed by atoms with Crippen LogP contribution in [0.15, 0.2) is 12.2 Å². The first-order chi connectivity index (χ1) is 7.62. The maximum absolute atomic E-state index is 11.4. The second kappa shape index (κ2) is 7.16. The Bertz CT molecular complexity index is 345. The average molecular weight is 298 g/mol. The largest absolute Gasteiger partial charge is 0.446 e. The van der Waals surface area contributed by atoms with Gasteiger partial charge in [-0.3, -0.25) is 0 Å². The second-order valence-electron chi connectivity index (χ2n) is 4.07. The van der Waals surface area contributed by atoms with Gasteiger partial charge < -0.3 is 4.74 Å². The minimum absolute atomic E-state index is 0.308. The van der Waals surface area contributed by atoms with Crippen LogP contribution in [0, 0.1) is 17.8 Å². The van der Waals surface area contributed by atoms with E-state index in [1.165, 1.54) is 0 Å². The van der Waals surface area contributed by atoms with Gasteiger partial charge in [-0.1, -0.05) is 67.1 Å². The molecule has 2 nitrogen and oxygen atoms in total. The summed E-state index contributed by atoms with van der Waals surface area (Å²) in [5.74, 6) is 4.94. The monoisotopic (exact) mass is 296 g/mol. The lowest BCUT2D eigenvalue weighted by molar-refractivity contribution is -0.145. The Balaban J connectivity index is 4.68. The fourth-order valence-corrected chi connectivity index (χ4v) is 1.10. The highest BCUT2D eigenvalue weighted by atomic mass is 35.6. The SMILES string of the molecule is C=C(C)C#CC(CC(C)C)OC(=O)C(Cl)(Cl)Cl. The summed E-state index contributed by atoms with van der Waals surface area (Å²) in [6, 6.07) is 0. The van der Waals surface area contributed by atoms with Crippen molar-refractivity contribution in [3.05, 3.63) is 12.2 Å². The molecule has 96 valence electrons. The third-order valence-corrected chi connectivity index (χ3v) is 2.08. The van der Waals surface area contributed by atoms with Gasteiger partial charge in [0.05, 0.1) is 0 Å². The average Bonchev–Trinajstić information content (AvgIpc) is 2.11.